The molecule has 2 aromatic rings. The summed E-state index contributed by atoms with van der Waals surface area (Å²) in [5.74, 6) is -0.655. The summed E-state index contributed by atoms with van der Waals surface area (Å²) in [4.78, 5) is 12.0. The summed E-state index contributed by atoms with van der Waals surface area (Å²) in [5, 5.41) is 0. The third-order valence-electron chi connectivity index (χ3n) is 4.07. The van der Waals surface area contributed by atoms with Gasteiger partial charge in [0.2, 0.25) is 0 Å². The molecule has 25 heavy (non-hydrogen) atoms. The van der Waals surface area contributed by atoms with Crippen LogP contribution in [0.5, 0.6) is 0 Å². The third-order valence-corrected chi connectivity index (χ3v) is 5.83. The molecule has 0 atom stereocenters. The molecule has 0 aliphatic heterocycles. The van der Waals surface area contributed by atoms with Crippen molar-refractivity contribution in [2.24, 2.45) is 0 Å². The van der Waals surface area contributed by atoms with E-state index in [1.165, 1.54) is 19.2 Å². The predicted octanol–water partition coefficient (Wildman–Crippen LogP) is 2.56. The number of nitrogens with two attached hydrogens (primary N) is 1. The fraction of sp³-hybridized carbons (Fsp3) is 0.278. The van der Waals surface area contributed by atoms with Crippen LogP contribution in [0.3, 0.4) is 0 Å². The summed E-state index contributed by atoms with van der Waals surface area (Å²) in [6.07, 6.45) is 0. The summed E-state index contributed by atoms with van der Waals surface area (Å²) < 4.78 is 32.1. The SMILES string of the molecule is COC(=O)CN(c1c(C)cc(C)c(N)c1C)S(=O)(=O)c1ccccc1. The van der Waals surface area contributed by atoms with Crippen molar-refractivity contribution in [1.82, 2.24) is 0 Å². The summed E-state index contributed by atoms with van der Waals surface area (Å²) in [6.45, 7) is 4.96. The molecule has 6 nitrogen and oxygen atoms in total. The number of carbonyl (C=O) groups excluding carboxylic acids is 1. The maximum absolute atomic E-state index is 13.2. The number of carbonyl (C=O) groups is 1. The molecule has 0 aliphatic carbocycles. The van der Waals surface area contributed by atoms with Gasteiger partial charge in [-0.3, -0.25) is 9.10 Å². The Labute approximate surface area is 148 Å². The first-order valence-corrected chi connectivity index (χ1v) is 9.15. The Balaban J connectivity index is 2.71. The molecule has 134 valence electrons. The normalized spacial score (nSPS) is 11.2. The number of nitrogens with zero attached hydrogens (tertiary/aromatic N) is 1. The van der Waals surface area contributed by atoms with E-state index >= 15 is 0 Å². The Hall–Kier alpha value is -2.54. The van der Waals surface area contributed by atoms with Gasteiger partial charge in [0.25, 0.3) is 10.0 Å². The lowest BCUT2D eigenvalue weighted by molar-refractivity contribution is -0.138. The lowest BCUT2D eigenvalue weighted by Gasteiger charge is -2.28. The van der Waals surface area contributed by atoms with Gasteiger partial charge in [-0.15, -0.1) is 0 Å². The molecule has 0 aromatic heterocycles. The van der Waals surface area contributed by atoms with Gasteiger partial charge in [-0.25, -0.2) is 8.42 Å². The van der Waals surface area contributed by atoms with E-state index in [0.29, 0.717) is 22.5 Å². The van der Waals surface area contributed by atoms with E-state index in [1.54, 1.807) is 32.0 Å². The Morgan fingerprint density at radius 2 is 1.72 bits per heavy atom. The van der Waals surface area contributed by atoms with Crippen LogP contribution < -0.4 is 10.0 Å². The number of aryl methyl sites for hydroxylation is 2. The monoisotopic (exact) mass is 362 g/mol. The molecule has 0 spiro atoms. The van der Waals surface area contributed by atoms with Gasteiger partial charge >= 0.3 is 5.97 Å². The van der Waals surface area contributed by atoms with Crippen LogP contribution in [-0.4, -0.2) is 28.0 Å². The lowest BCUT2D eigenvalue weighted by atomic mass is 10.0. The predicted molar refractivity (Wildman–Crippen MR) is 98.1 cm³/mol. The number of rotatable bonds is 5. The van der Waals surface area contributed by atoms with Crippen molar-refractivity contribution in [3.05, 3.63) is 53.1 Å². The Morgan fingerprint density at radius 1 is 1.12 bits per heavy atom. The van der Waals surface area contributed by atoms with Crippen molar-refractivity contribution in [1.29, 1.82) is 0 Å². The molecule has 2 N–H and O–H groups in total. The van der Waals surface area contributed by atoms with Gasteiger partial charge < -0.3 is 10.5 Å². The Kier molecular flexibility index (Phi) is 5.37. The van der Waals surface area contributed by atoms with Crippen LogP contribution in [0.15, 0.2) is 41.3 Å². The molecule has 0 radical (unpaired) electrons. The van der Waals surface area contributed by atoms with Gasteiger partial charge in [-0.1, -0.05) is 24.3 Å². The first-order valence-electron chi connectivity index (χ1n) is 7.71. The van der Waals surface area contributed by atoms with Gasteiger partial charge in [0.05, 0.1) is 17.7 Å². The first kappa shape index (κ1) is 18.8. The quantitative estimate of drug-likeness (QED) is 0.652. The summed E-state index contributed by atoms with van der Waals surface area (Å²) in [5.41, 5.74) is 9.18. The molecular weight excluding hydrogens is 340 g/mol. The maximum Gasteiger partial charge on any atom is 0.326 e. The highest BCUT2D eigenvalue weighted by Crippen LogP contribution is 2.35. The van der Waals surface area contributed by atoms with Crippen molar-refractivity contribution in [3.63, 3.8) is 0 Å². The smallest absolute Gasteiger partial charge is 0.326 e. The van der Waals surface area contributed by atoms with Crippen molar-refractivity contribution < 1.29 is 17.9 Å². The van der Waals surface area contributed by atoms with Crippen LogP contribution in [0.4, 0.5) is 11.4 Å². The van der Waals surface area contributed by atoms with E-state index in [1.807, 2.05) is 13.0 Å². The minimum atomic E-state index is -3.96. The van der Waals surface area contributed by atoms with Gasteiger partial charge in [0.1, 0.15) is 6.54 Å². The molecule has 0 aliphatic rings. The second kappa shape index (κ2) is 7.14. The Bertz CT molecular complexity index is 893. The average Bonchev–Trinajstić information content (AvgIpc) is 2.59. The highest BCUT2D eigenvalue weighted by atomic mass is 32.2. The molecular formula is C18H22N2O4S. The van der Waals surface area contributed by atoms with Crippen LogP contribution in [0.25, 0.3) is 0 Å². The van der Waals surface area contributed by atoms with Crippen molar-refractivity contribution in [2.45, 2.75) is 25.7 Å². The number of anilines is 2. The second-order valence-electron chi connectivity index (χ2n) is 5.80. The summed E-state index contributed by atoms with van der Waals surface area (Å²) in [7, 11) is -2.74. The highest BCUT2D eigenvalue weighted by Gasteiger charge is 2.30. The summed E-state index contributed by atoms with van der Waals surface area (Å²) >= 11 is 0. The molecule has 2 rings (SSSR count). The first-order chi connectivity index (χ1) is 11.7. The van der Waals surface area contributed by atoms with Crippen LogP contribution in [0.2, 0.25) is 0 Å². The standard InChI is InChI=1S/C18H22N2O4S/c1-12-10-13(2)18(14(3)17(12)19)20(11-16(21)24-4)25(22,23)15-8-6-5-7-9-15/h5-10H,11,19H2,1-4H3. The third kappa shape index (κ3) is 3.61. The molecule has 0 saturated heterocycles. The zero-order chi connectivity index (χ0) is 18.8. The van der Waals surface area contributed by atoms with Gasteiger partial charge in [0, 0.05) is 5.69 Å². The Morgan fingerprint density at radius 3 is 2.28 bits per heavy atom. The van der Waals surface area contributed by atoms with E-state index in [2.05, 4.69) is 0 Å². The van der Waals surface area contributed by atoms with Gasteiger partial charge in [0.15, 0.2) is 0 Å². The number of nitrogen functional groups attached to an aromatic ring is 1. The molecule has 0 amide bonds. The number of esters is 1. The van der Waals surface area contributed by atoms with E-state index in [9.17, 15) is 13.2 Å². The largest absolute Gasteiger partial charge is 0.468 e. The number of methoxy groups -OCH3 is 1. The van der Waals surface area contributed by atoms with Crippen LogP contribution in [0, 0.1) is 20.8 Å². The average molecular weight is 362 g/mol. The summed E-state index contributed by atoms with van der Waals surface area (Å²) in [6, 6.07) is 9.77. The number of ether oxygens (including phenoxy) is 1. The van der Waals surface area contributed by atoms with E-state index in [0.717, 1.165) is 9.87 Å². The number of benzene rings is 2. The molecule has 2 aromatic carbocycles. The zero-order valence-corrected chi connectivity index (χ0v) is 15.6. The van der Waals surface area contributed by atoms with Crippen molar-refractivity contribution in [3.8, 4) is 0 Å². The van der Waals surface area contributed by atoms with Crippen LogP contribution in [0.1, 0.15) is 16.7 Å². The second-order valence-corrected chi connectivity index (χ2v) is 7.66. The maximum atomic E-state index is 13.2. The number of hydrogen-bond donors (Lipinski definition) is 1. The molecule has 0 heterocycles. The molecule has 0 bridgehead atoms. The molecule has 7 heteroatoms. The fourth-order valence-electron chi connectivity index (χ4n) is 2.76. The number of sulfonamides is 1. The zero-order valence-electron chi connectivity index (χ0n) is 14.7. The highest BCUT2D eigenvalue weighted by molar-refractivity contribution is 7.92. The van der Waals surface area contributed by atoms with Crippen molar-refractivity contribution in [2.75, 3.05) is 23.7 Å². The lowest BCUT2D eigenvalue weighted by Crippen LogP contribution is -2.37. The van der Waals surface area contributed by atoms with Crippen LogP contribution in [-0.2, 0) is 19.6 Å². The fourth-order valence-corrected chi connectivity index (χ4v) is 4.31. The minimum Gasteiger partial charge on any atom is -0.468 e. The van der Waals surface area contributed by atoms with E-state index < -0.39 is 22.5 Å². The molecule has 0 unspecified atom stereocenters. The number of hydrogen-bond acceptors (Lipinski definition) is 5. The topological polar surface area (TPSA) is 89.7 Å². The van der Waals surface area contributed by atoms with Crippen LogP contribution >= 0.6 is 0 Å². The van der Waals surface area contributed by atoms with Gasteiger partial charge in [-0.05, 0) is 49.6 Å². The molecule has 0 saturated carbocycles. The van der Waals surface area contributed by atoms with E-state index in [-0.39, 0.29) is 4.90 Å². The van der Waals surface area contributed by atoms with Crippen molar-refractivity contribution >= 4 is 27.4 Å². The van der Waals surface area contributed by atoms with Gasteiger partial charge in [-0.2, -0.15) is 0 Å². The van der Waals surface area contributed by atoms with E-state index in [4.69, 9.17) is 10.5 Å². The minimum absolute atomic E-state index is 0.0943. The molecule has 0 fully saturated rings.